The van der Waals surface area contributed by atoms with Gasteiger partial charge in [-0.3, -0.25) is 9.69 Å². The third-order valence-electron chi connectivity index (χ3n) is 3.17. The second-order valence-electron chi connectivity index (χ2n) is 4.80. The summed E-state index contributed by atoms with van der Waals surface area (Å²) in [5.74, 6) is -0.131. The molecule has 2 N–H and O–H groups in total. The lowest BCUT2D eigenvalue weighted by molar-refractivity contribution is -0.117. The van der Waals surface area contributed by atoms with E-state index in [4.69, 9.17) is 28.3 Å². The number of benzene rings is 1. The Bertz CT molecular complexity index is 435. The van der Waals surface area contributed by atoms with Crippen LogP contribution >= 0.6 is 23.2 Å². The summed E-state index contributed by atoms with van der Waals surface area (Å²) in [6, 6.07) is 5.12. The standard InChI is InChI=1S/C15H22Cl2N2O2/c1-2-19(9-4-3-5-10-20)11-14(21)18-15-12(16)7-6-8-13(15)17/h6-8,20H,2-5,9-11H2,1H3,(H,18,21). The van der Waals surface area contributed by atoms with Gasteiger partial charge in [0.2, 0.25) is 5.91 Å². The van der Waals surface area contributed by atoms with Crippen LogP contribution in [0.2, 0.25) is 10.0 Å². The summed E-state index contributed by atoms with van der Waals surface area (Å²) in [7, 11) is 0. The summed E-state index contributed by atoms with van der Waals surface area (Å²) in [5, 5.41) is 12.4. The normalized spacial score (nSPS) is 10.9. The van der Waals surface area contributed by atoms with Gasteiger partial charge in [-0.1, -0.05) is 36.2 Å². The fraction of sp³-hybridized carbons (Fsp3) is 0.533. The topological polar surface area (TPSA) is 52.6 Å². The van der Waals surface area contributed by atoms with Crippen LogP contribution in [-0.4, -0.2) is 42.2 Å². The number of para-hydroxylation sites is 1. The first-order valence-electron chi connectivity index (χ1n) is 7.15. The number of hydrogen-bond acceptors (Lipinski definition) is 3. The zero-order chi connectivity index (χ0) is 15.7. The molecule has 0 saturated carbocycles. The minimum atomic E-state index is -0.131. The number of anilines is 1. The number of likely N-dealkylation sites (N-methyl/N-ethyl adjacent to an activating group) is 1. The van der Waals surface area contributed by atoms with Crippen molar-refractivity contribution >= 4 is 34.8 Å². The molecule has 0 aliphatic carbocycles. The first kappa shape index (κ1) is 18.2. The second-order valence-corrected chi connectivity index (χ2v) is 5.61. The number of amides is 1. The molecule has 0 aliphatic heterocycles. The number of nitrogens with zero attached hydrogens (tertiary/aromatic N) is 1. The Balaban J connectivity index is 2.47. The Morgan fingerprint density at radius 2 is 1.90 bits per heavy atom. The van der Waals surface area contributed by atoms with Gasteiger partial charge in [0, 0.05) is 6.61 Å². The monoisotopic (exact) mass is 332 g/mol. The lowest BCUT2D eigenvalue weighted by atomic mass is 10.2. The van der Waals surface area contributed by atoms with Crippen LogP contribution < -0.4 is 5.32 Å². The minimum absolute atomic E-state index is 0.131. The molecule has 0 atom stereocenters. The van der Waals surface area contributed by atoms with E-state index < -0.39 is 0 Å². The minimum Gasteiger partial charge on any atom is -0.396 e. The third kappa shape index (κ3) is 6.66. The molecule has 0 bridgehead atoms. The highest BCUT2D eigenvalue weighted by Crippen LogP contribution is 2.29. The van der Waals surface area contributed by atoms with Crippen molar-refractivity contribution in [3.63, 3.8) is 0 Å². The van der Waals surface area contributed by atoms with E-state index in [1.54, 1.807) is 18.2 Å². The number of unbranched alkanes of at least 4 members (excludes halogenated alkanes) is 2. The van der Waals surface area contributed by atoms with E-state index in [-0.39, 0.29) is 12.5 Å². The summed E-state index contributed by atoms with van der Waals surface area (Å²) in [6.45, 7) is 4.17. The molecular formula is C15H22Cl2N2O2. The van der Waals surface area contributed by atoms with Gasteiger partial charge >= 0.3 is 0 Å². The SMILES string of the molecule is CCN(CCCCCO)CC(=O)Nc1c(Cl)cccc1Cl. The third-order valence-corrected chi connectivity index (χ3v) is 3.80. The number of aliphatic hydroxyl groups is 1. The van der Waals surface area contributed by atoms with Crippen molar-refractivity contribution in [3.05, 3.63) is 28.2 Å². The first-order valence-corrected chi connectivity index (χ1v) is 7.91. The van der Waals surface area contributed by atoms with Crippen molar-refractivity contribution < 1.29 is 9.90 Å². The van der Waals surface area contributed by atoms with Crippen LogP contribution in [0.5, 0.6) is 0 Å². The van der Waals surface area contributed by atoms with Crippen molar-refractivity contribution in [1.82, 2.24) is 4.90 Å². The molecule has 0 radical (unpaired) electrons. The number of halogens is 2. The van der Waals surface area contributed by atoms with Crippen molar-refractivity contribution in [2.45, 2.75) is 26.2 Å². The van der Waals surface area contributed by atoms with E-state index in [2.05, 4.69) is 10.2 Å². The van der Waals surface area contributed by atoms with Gasteiger partial charge in [0.15, 0.2) is 0 Å². The molecule has 0 aromatic heterocycles. The zero-order valence-electron chi connectivity index (χ0n) is 12.2. The quantitative estimate of drug-likeness (QED) is 0.681. The smallest absolute Gasteiger partial charge is 0.238 e. The van der Waals surface area contributed by atoms with E-state index in [0.29, 0.717) is 22.3 Å². The van der Waals surface area contributed by atoms with Crippen LogP contribution in [0.15, 0.2) is 18.2 Å². The van der Waals surface area contributed by atoms with E-state index >= 15 is 0 Å². The Morgan fingerprint density at radius 1 is 1.24 bits per heavy atom. The van der Waals surface area contributed by atoms with Crippen molar-refractivity contribution in [3.8, 4) is 0 Å². The molecule has 0 unspecified atom stereocenters. The van der Waals surface area contributed by atoms with Crippen LogP contribution in [0.25, 0.3) is 0 Å². The highest BCUT2D eigenvalue weighted by atomic mass is 35.5. The van der Waals surface area contributed by atoms with Gasteiger partial charge < -0.3 is 10.4 Å². The summed E-state index contributed by atoms with van der Waals surface area (Å²) in [5.41, 5.74) is 0.460. The van der Waals surface area contributed by atoms with Gasteiger partial charge in [-0.25, -0.2) is 0 Å². The van der Waals surface area contributed by atoms with Gasteiger partial charge in [-0.2, -0.15) is 0 Å². The number of carbonyl (C=O) groups is 1. The molecule has 21 heavy (non-hydrogen) atoms. The lowest BCUT2D eigenvalue weighted by Crippen LogP contribution is -2.34. The molecule has 4 nitrogen and oxygen atoms in total. The molecule has 1 amide bonds. The predicted octanol–water partition coefficient (Wildman–Crippen LogP) is 3.42. The van der Waals surface area contributed by atoms with Crippen LogP contribution in [-0.2, 0) is 4.79 Å². The average molecular weight is 333 g/mol. The predicted molar refractivity (Wildman–Crippen MR) is 88.1 cm³/mol. The van der Waals surface area contributed by atoms with Crippen molar-refractivity contribution in [2.75, 3.05) is 31.6 Å². The maximum Gasteiger partial charge on any atom is 0.238 e. The Hall–Kier alpha value is -0.810. The number of rotatable bonds is 9. The van der Waals surface area contributed by atoms with Crippen molar-refractivity contribution in [1.29, 1.82) is 0 Å². The Morgan fingerprint density at radius 3 is 2.48 bits per heavy atom. The van der Waals surface area contributed by atoms with Gasteiger partial charge in [0.05, 0.1) is 22.3 Å². The molecular weight excluding hydrogens is 311 g/mol. The molecule has 0 aliphatic rings. The lowest BCUT2D eigenvalue weighted by Gasteiger charge is -2.20. The summed E-state index contributed by atoms with van der Waals surface area (Å²) < 4.78 is 0. The molecule has 0 fully saturated rings. The first-order chi connectivity index (χ1) is 10.1. The van der Waals surface area contributed by atoms with Crippen LogP contribution in [0.1, 0.15) is 26.2 Å². The molecule has 1 aromatic rings. The van der Waals surface area contributed by atoms with Crippen LogP contribution in [0.4, 0.5) is 5.69 Å². The number of nitrogens with one attached hydrogen (secondary N) is 1. The van der Waals surface area contributed by atoms with Crippen LogP contribution in [0.3, 0.4) is 0 Å². The van der Waals surface area contributed by atoms with E-state index in [1.807, 2.05) is 6.92 Å². The zero-order valence-corrected chi connectivity index (χ0v) is 13.8. The molecule has 118 valence electrons. The summed E-state index contributed by atoms with van der Waals surface area (Å²) in [6.07, 6.45) is 2.73. The number of hydrogen-bond donors (Lipinski definition) is 2. The second kappa shape index (κ2) is 10.0. The van der Waals surface area contributed by atoms with E-state index in [9.17, 15) is 4.79 Å². The highest BCUT2D eigenvalue weighted by Gasteiger charge is 2.12. The molecule has 1 rings (SSSR count). The number of carbonyl (C=O) groups excluding carboxylic acids is 1. The molecule has 0 heterocycles. The largest absolute Gasteiger partial charge is 0.396 e. The Labute approximate surface area is 136 Å². The van der Waals surface area contributed by atoms with Gasteiger partial charge in [0.1, 0.15) is 0 Å². The van der Waals surface area contributed by atoms with Gasteiger partial charge in [-0.15, -0.1) is 0 Å². The van der Waals surface area contributed by atoms with Gasteiger partial charge in [0.25, 0.3) is 0 Å². The Kier molecular flexibility index (Phi) is 8.69. The van der Waals surface area contributed by atoms with E-state index in [0.717, 1.165) is 32.4 Å². The fourth-order valence-electron chi connectivity index (χ4n) is 1.97. The fourth-order valence-corrected chi connectivity index (χ4v) is 2.46. The highest BCUT2D eigenvalue weighted by molar-refractivity contribution is 6.39. The molecule has 0 saturated heterocycles. The number of aliphatic hydroxyl groups excluding tert-OH is 1. The maximum atomic E-state index is 12.1. The summed E-state index contributed by atoms with van der Waals surface area (Å²) in [4.78, 5) is 14.1. The van der Waals surface area contributed by atoms with Crippen LogP contribution in [0, 0.1) is 0 Å². The summed E-state index contributed by atoms with van der Waals surface area (Å²) >= 11 is 12.1. The van der Waals surface area contributed by atoms with Gasteiger partial charge in [-0.05, 0) is 44.5 Å². The maximum absolute atomic E-state index is 12.1. The molecule has 6 heteroatoms. The molecule has 1 aromatic carbocycles. The molecule has 0 spiro atoms. The average Bonchev–Trinajstić information content (AvgIpc) is 2.46. The van der Waals surface area contributed by atoms with E-state index in [1.165, 1.54) is 0 Å². The van der Waals surface area contributed by atoms with Crippen molar-refractivity contribution in [2.24, 2.45) is 0 Å².